The number of hydrogen-bond donors (Lipinski definition) is 1. The molecule has 1 aliphatic rings. The fraction of sp³-hybridized carbons (Fsp3) is 0.588. The lowest BCUT2D eigenvalue weighted by atomic mass is 10.0. The summed E-state index contributed by atoms with van der Waals surface area (Å²) in [5.41, 5.74) is 1.12. The van der Waals surface area contributed by atoms with Crippen LogP contribution in [-0.4, -0.2) is 31.3 Å². The molecule has 1 aromatic rings. The van der Waals surface area contributed by atoms with Gasteiger partial charge in [0, 0.05) is 13.2 Å². The molecule has 0 spiro atoms. The molecule has 2 atom stereocenters. The first kappa shape index (κ1) is 15.8. The molecule has 21 heavy (non-hydrogen) atoms. The van der Waals surface area contributed by atoms with E-state index in [1.807, 2.05) is 24.3 Å². The van der Waals surface area contributed by atoms with Gasteiger partial charge in [0.2, 0.25) is 0 Å². The minimum atomic E-state index is -0.508. The third-order valence-corrected chi connectivity index (χ3v) is 3.74. The third kappa shape index (κ3) is 4.46. The largest absolute Gasteiger partial charge is 0.481 e. The van der Waals surface area contributed by atoms with Crippen LogP contribution in [0.5, 0.6) is 5.75 Å². The molecular formula is C17H25NO3. The highest BCUT2D eigenvalue weighted by atomic mass is 16.5. The molecular weight excluding hydrogens is 266 g/mol. The minimum Gasteiger partial charge on any atom is -0.481 e. The van der Waals surface area contributed by atoms with Crippen LogP contribution in [0.4, 0.5) is 0 Å². The van der Waals surface area contributed by atoms with Crippen LogP contribution in [0.3, 0.4) is 0 Å². The Morgan fingerprint density at radius 1 is 1.38 bits per heavy atom. The van der Waals surface area contributed by atoms with Crippen LogP contribution in [0.25, 0.3) is 0 Å². The van der Waals surface area contributed by atoms with Gasteiger partial charge in [-0.2, -0.15) is 0 Å². The van der Waals surface area contributed by atoms with Gasteiger partial charge in [-0.25, -0.2) is 0 Å². The Morgan fingerprint density at radius 3 is 2.81 bits per heavy atom. The van der Waals surface area contributed by atoms with Crippen LogP contribution in [-0.2, 0) is 9.53 Å². The summed E-state index contributed by atoms with van der Waals surface area (Å²) >= 11 is 0. The third-order valence-electron chi connectivity index (χ3n) is 3.74. The van der Waals surface area contributed by atoms with Gasteiger partial charge in [-0.1, -0.05) is 32.0 Å². The van der Waals surface area contributed by atoms with Crippen molar-refractivity contribution in [2.75, 3.05) is 13.2 Å². The number of benzene rings is 1. The molecule has 4 heteroatoms. The van der Waals surface area contributed by atoms with Crippen molar-refractivity contribution >= 4 is 5.91 Å². The van der Waals surface area contributed by atoms with Crippen LogP contribution in [0.1, 0.15) is 45.1 Å². The topological polar surface area (TPSA) is 47.6 Å². The zero-order valence-corrected chi connectivity index (χ0v) is 13.1. The Morgan fingerprint density at radius 2 is 2.14 bits per heavy atom. The van der Waals surface area contributed by atoms with E-state index >= 15 is 0 Å². The number of carbonyl (C=O) groups excluding carboxylic acids is 1. The van der Waals surface area contributed by atoms with Gasteiger partial charge in [0.25, 0.3) is 5.91 Å². The smallest absolute Gasteiger partial charge is 0.260 e. The highest BCUT2D eigenvalue weighted by Crippen LogP contribution is 2.26. The highest BCUT2D eigenvalue weighted by molar-refractivity contribution is 5.80. The van der Waals surface area contributed by atoms with E-state index in [0.717, 1.165) is 30.8 Å². The summed E-state index contributed by atoms with van der Waals surface area (Å²) in [6.07, 6.45) is 1.75. The Kier molecular flexibility index (Phi) is 5.62. The molecule has 0 aromatic heterocycles. The Labute approximate surface area is 126 Å². The van der Waals surface area contributed by atoms with Crippen molar-refractivity contribution in [1.82, 2.24) is 5.32 Å². The second-order valence-corrected chi connectivity index (χ2v) is 5.83. The number of amides is 1. The second kappa shape index (κ2) is 7.46. The number of para-hydroxylation sites is 1. The van der Waals surface area contributed by atoms with E-state index in [9.17, 15) is 4.79 Å². The normalized spacial score (nSPS) is 19.5. The molecule has 1 aliphatic heterocycles. The first-order chi connectivity index (χ1) is 10.1. The summed E-state index contributed by atoms with van der Waals surface area (Å²) in [4.78, 5) is 12.1. The number of nitrogens with one attached hydrogen (secondary N) is 1. The van der Waals surface area contributed by atoms with Crippen LogP contribution in [0.2, 0.25) is 0 Å². The van der Waals surface area contributed by atoms with Crippen molar-refractivity contribution in [1.29, 1.82) is 0 Å². The Hall–Kier alpha value is -1.55. The van der Waals surface area contributed by atoms with Crippen molar-refractivity contribution in [3.63, 3.8) is 0 Å². The summed E-state index contributed by atoms with van der Waals surface area (Å²) in [6, 6.07) is 7.87. The fourth-order valence-electron chi connectivity index (χ4n) is 2.47. The van der Waals surface area contributed by atoms with Crippen molar-refractivity contribution < 1.29 is 14.3 Å². The van der Waals surface area contributed by atoms with E-state index in [-0.39, 0.29) is 12.0 Å². The molecule has 1 fully saturated rings. The zero-order chi connectivity index (χ0) is 15.2. The van der Waals surface area contributed by atoms with Gasteiger partial charge in [-0.3, -0.25) is 4.79 Å². The van der Waals surface area contributed by atoms with Crippen molar-refractivity contribution in [3.05, 3.63) is 29.8 Å². The van der Waals surface area contributed by atoms with Gasteiger partial charge in [-0.15, -0.1) is 0 Å². The van der Waals surface area contributed by atoms with Gasteiger partial charge < -0.3 is 14.8 Å². The molecule has 0 unspecified atom stereocenters. The van der Waals surface area contributed by atoms with Crippen LogP contribution >= 0.6 is 0 Å². The number of ether oxygens (including phenoxy) is 2. The van der Waals surface area contributed by atoms with Crippen LogP contribution in [0, 0.1) is 0 Å². The molecule has 4 nitrogen and oxygen atoms in total. The first-order valence-electron chi connectivity index (χ1n) is 7.73. The second-order valence-electron chi connectivity index (χ2n) is 5.83. The Balaban J connectivity index is 1.88. The van der Waals surface area contributed by atoms with Gasteiger partial charge in [0.1, 0.15) is 5.75 Å². The van der Waals surface area contributed by atoms with E-state index < -0.39 is 6.10 Å². The maximum Gasteiger partial charge on any atom is 0.260 e. The van der Waals surface area contributed by atoms with Crippen molar-refractivity contribution in [2.24, 2.45) is 0 Å². The average molecular weight is 291 g/mol. The van der Waals surface area contributed by atoms with E-state index in [4.69, 9.17) is 9.47 Å². The zero-order valence-electron chi connectivity index (χ0n) is 13.1. The standard InChI is InChI=1S/C17H25NO3/c1-12(2)15-8-4-5-9-16(15)21-13(3)17(19)18-11-14-7-6-10-20-14/h4-5,8-9,12-14H,6-7,10-11H2,1-3H3,(H,18,19)/t13-,14+/m1/s1. The van der Waals surface area contributed by atoms with Gasteiger partial charge in [0.05, 0.1) is 6.10 Å². The van der Waals surface area contributed by atoms with E-state index in [0.29, 0.717) is 12.5 Å². The van der Waals surface area contributed by atoms with Crippen LogP contribution < -0.4 is 10.1 Å². The van der Waals surface area contributed by atoms with E-state index in [1.165, 1.54) is 0 Å². The molecule has 0 bridgehead atoms. The van der Waals surface area contributed by atoms with E-state index in [2.05, 4.69) is 19.2 Å². The van der Waals surface area contributed by atoms with Crippen molar-refractivity contribution in [3.8, 4) is 5.75 Å². The quantitative estimate of drug-likeness (QED) is 0.876. The highest BCUT2D eigenvalue weighted by Gasteiger charge is 2.20. The molecule has 1 aromatic carbocycles. The molecule has 1 amide bonds. The van der Waals surface area contributed by atoms with E-state index in [1.54, 1.807) is 6.92 Å². The summed E-state index contributed by atoms with van der Waals surface area (Å²) in [5.74, 6) is 1.06. The predicted octanol–water partition coefficient (Wildman–Crippen LogP) is 2.87. The lowest BCUT2D eigenvalue weighted by Gasteiger charge is -2.19. The van der Waals surface area contributed by atoms with Crippen molar-refractivity contribution in [2.45, 2.75) is 51.7 Å². The molecule has 116 valence electrons. The average Bonchev–Trinajstić information content (AvgIpc) is 2.98. The number of hydrogen-bond acceptors (Lipinski definition) is 3. The summed E-state index contributed by atoms with van der Waals surface area (Å²) in [7, 11) is 0. The molecule has 1 N–H and O–H groups in total. The lowest BCUT2D eigenvalue weighted by molar-refractivity contribution is -0.127. The summed E-state index contributed by atoms with van der Waals surface area (Å²) < 4.78 is 11.3. The first-order valence-corrected chi connectivity index (χ1v) is 7.73. The minimum absolute atomic E-state index is 0.0935. The van der Waals surface area contributed by atoms with Gasteiger partial charge in [-0.05, 0) is 37.3 Å². The number of carbonyl (C=O) groups is 1. The summed E-state index contributed by atoms with van der Waals surface area (Å²) in [5, 5.41) is 2.90. The molecule has 0 saturated carbocycles. The predicted molar refractivity (Wildman–Crippen MR) is 82.6 cm³/mol. The summed E-state index contributed by atoms with van der Waals surface area (Å²) in [6.45, 7) is 7.38. The fourth-order valence-corrected chi connectivity index (χ4v) is 2.47. The molecule has 0 aliphatic carbocycles. The SMILES string of the molecule is CC(C)c1ccccc1O[C@H](C)C(=O)NC[C@@H]1CCCO1. The molecule has 0 radical (unpaired) electrons. The Bertz CT molecular complexity index is 467. The molecule has 1 heterocycles. The van der Waals surface area contributed by atoms with Gasteiger partial charge >= 0.3 is 0 Å². The molecule has 1 saturated heterocycles. The monoisotopic (exact) mass is 291 g/mol. The maximum atomic E-state index is 12.1. The number of rotatable bonds is 6. The van der Waals surface area contributed by atoms with Crippen LogP contribution in [0.15, 0.2) is 24.3 Å². The lowest BCUT2D eigenvalue weighted by Crippen LogP contribution is -2.40. The maximum absolute atomic E-state index is 12.1. The van der Waals surface area contributed by atoms with Gasteiger partial charge in [0.15, 0.2) is 6.10 Å². The molecule has 2 rings (SSSR count).